The van der Waals surface area contributed by atoms with Gasteiger partial charge in [0.25, 0.3) is 0 Å². The van der Waals surface area contributed by atoms with E-state index >= 15 is 0 Å². The average molecular weight is 462 g/mol. The summed E-state index contributed by atoms with van der Waals surface area (Å²) in [7, 11) is 7.59. The molecule has 2 aromatic carbocycles. The molecule has 178 valence electrons. The second-order valence-corrected chi connectivity index (χ2v) is 8.12. The predicted molar refractivity (Wildman–Crippen MR) is 137 cm³/mol. The Morgan fingerprint density at radius 2 is 1.91 bits per heavy atom. The van der Waals surface area contributed by atoms with E-state index in [4.69, 9.17) is 4.74 Å². The molecule has 0 unspecified atom stereocenters. The molecule has 0 atom stereocenters. The lowest BCUT2D eigenvalue weighted by molar-refractivity contribution is -0.111. The van der Waals surface area contributed by atoms with Gasteiger partial charge in [0.15, 0.2) is 5.82 Å². The number of likely N-dealkylation sites (N-methyl/N-ethyl adjacent to an activating group) is 2. The molecule has 0 aliphatic heterocycles. The highest BCUT2D eigenvalue weighted by Crippen LogP contribution is 2.38. The van der Waals surface area contributed by atoms with Crippen molar-refractivity contribution in [1.29, 1.82) is 0 Å². The van der Waals surface area contributed by atoms with Gasteiger partial charge in [-0.25, -0.2) is 9.97 Å². The highest BCUT2D eigenvalue weighted by atomic mass is 16.5. The maximum Gasteiger partial charge on any atom is 0.247 e. The molecule has 9 heteroatoms. The number of methoxy groups -OCH3 is 1. The number of nitrogens with zero attached hydrogens (tertiary/aromatic N) is 5. The van der Waals surface area contributed by atoms with Crippen LogP contribution >= 0.6 is 0 Å². The number of benzene rings is 2. The van der Waals surface area contributed by atoms with Gasteiger partial charge >= 0.3 is 0 Å². The van der Waals surface area contributed by atoms with Crippen LogP contribution in [0.15, 0.2) is 55.4 Å². The normalized spacial score (nSPS) is 10.6. The highest BCUT2D eigenvalue weighted by Gasteiger charge is 2.17. The highest BCUT2D eigenvalue weighted by molar-refractivity contribution is 6.02. The SMILES string of the molecule is C=CC(=O)Nc1cc(Nc2ncnc(-c3cccc(C)c3)n2)c(OC)cc1N(C)CCN(C)C. The zero-order chi connectivity index (χ0) is 24.7. The lowest BCUT2D eigenvalue weighted by atomic mass is 10.1. The summed E-state index contributed by atoms with van der Waals surface area (Å²) in [5, 5.41) is 6.09. The molecule has 0 aliphatic carbocycles. The Morgan fingerprint density at radius 1 is 1.12 bits per heavy atom. The van der Waals surface area contributed by atoms with Gasteiger partial charge in [-0.05, 0) is 39.2 Å². The molecule has 1 amide bonds. The molecule has 0 radical (unpaired) electrons. The first-order chi connectivity index (χ1) is 16.3. The summed E-state index contributed by atoms with van der Waals surface area (Å²) in [6.07, 6.45) is 2.70. The summed E-state index contributed by atoms with van der Waals surface area (Å²) >= 11 is 0. The number of carbonyl (C=O) groups excluding carboxylic acids is 1. The minimum atomic E-state index is -0.305. The summed E-state index contributed by atoms with van der Waals surface area (Å²) in [6.45, 7) is 7.18. The molecule has 3 aromatic rings. The van der Waals surface area contributed by atoms with Crippen molar-refractivity contribution in [2.24, 2.45) is 0 Å². The van der Waals surface area contributed by atoms with Crippen molar-refractivity contribution >= 4 is 28.9 Å². The molecule has 0 fully saturated rings. The number of anilines is 4. The van der Waals surface area contributed by atoms with Crippen molar-refractivity contribution < 1.29 is 9.53 Å². The number of amides is 1. The van der Waals surface area contributed by atoms with Gasteiger partial charge in [0.1, 0.15) is 12.1 Å². The molecule has 0 bridgehead atoms. The number of carbonyl (C=O) groups is 1. The molecule has 0 saturated carbocycles. The number of nitrogens with one attached hydrogen (secondary N) is 2. The number of ether oxygens (including phenoxy) is 1. The van der Waals surface area contributed by atoms with E-state index in [2.05, 4.69) is 42.0 Å². The fourth-order valence-electron chi connectivity index (χ4n) is 3.31. The topological polar surface area (TPSA) is 95.5 Å². The summed E-state index contributed by atoms with van der Waals surface area (Å²) in [5.41, 5.74) is 4.05. The molecule has 3 rings (SSSR count). The zero-order valence-electron chi connectivity index (χ0n) is 20.3. The van der Waals surface area contributed by atoms with Crippen molar-refractivity contribution in [1.82, 2.24) is 19.9 Å². The van der Waals surface area contributed by atoms with Crippen molar-refractivity contribution in [2.45, 2.75) is 6.92 Å². The van der Waals surface area contributed by atoms with Crippen LogP contribution in [0.25, 0.3) is 11.4 Å². The molecule has 0 saturated heterocycles. The maximum absolute atomic E-state index is 12.1. The number of hydrogen-bond donors (Lipinski definition) is 2. The van der Waals surface area contributed by atoms with Crippen molar-refractivity contribution in [3.63, 3.8) is 0 Å². The molecule has 0 aliphatic rings. The Bertz CT molecular complexity index is 1160. The number of hydrogen-bond acceptors (Lipinski definition) is 8. The Morgan fingerprint density at radius 3 is 2.59 bits per heavy atom. The van der Waals surface area contributed by atoms with E-state index in [1.54, 1.807) is 13.2 Å². The molecule has 1 heterocycles. The summed E-state index contributed by atoms with van der Waals surface area (Å²) < 4.78 is 5.65. The molecule has 2 N–H and O–H groups in total. The zero-order valence-corrected chi connectivity index (χ0v) is 20.3. The molecule has 0 spiro atoms. The van der Waals surface area contributed by atoms with Gasteiger partial charge in [0.2, 0.25) is 11.9 Å². The van der Waals surface area contributed by atoms with E-state index in [0.29, 0.717) is 28.9 Å². The van der Waals surface area contributed by atoms with Crippen LogP contribution in [-0.2, 0) is 4.79 Å². The Kier molecular flexibility index (Phi) is 8.15. The molecular formula is C25H31N7O2. The molecule has 9 nitrogen and oxygen atoms in total. The summed E-state index contributed by atoms with van der Waals surface area (Å²) in [4.78, 5) is 29.4. The standard InChI is InChI=1S/C25H31N7O2/c1-7-23(33)28-19-14-20(22(34-6)15-21(19)32(5)12-11-31(3)4)29-25-27-16-26-24(30-25)18-10-8-9-17(2)13-18/h7-10,13-16H,1,11-12H2,2-6H3,(H,28,33)(H,26,27,29,30). The fourth-order valence-corrected chi connectivity index (χ4v) is 3.31. The molecular weight excluding hydrogens is 430 g/mol. The van der Waals surface area contributed by atoms with E-state index in [0.717, 1.165) is 29.9 Å². The third kappa shape index (κ3) is 6.29. The van der Waals surface area contributed by atoms with Crippen molar-refractivity contribution in [2.75, 3.05) is 56.9 Å². The Labute approximate surface area is 200 Å². The largest absolute Gasteiger partial charge is 0.494 e. The van der Waals surface area contributed by atoms with Gasteiger partial charge in [0.05, 0.1) is 24.2 Å². The summed E-state index contributed by atoms with van der Waals surface area (Å²) in [5.74, 6) is 1.20. The minimum Gasteiger partial charge on any atom is -0.494 e. The van der Waals surface area contributed by atoms with Crippen LogP contribution in [-0.4, -0.2) is 67.1 Å². The first-order valence-electron chi connectivity index (χ1n) is 10.8. The monoisotopic (exact) mass is 461 g/mol. The maximum atomic E-state index is 12.1. The van der Waals surface area contributed by atoms with E-state index in [1.165, 1.54) is 12.4 Å². The van der Waals surface area contributed by atoms with Gasteiger partial charge in [-0.15, -0.1) is 0 Å². The van der Waals surface area contributed by atoms with Crippen LogP contribution in [0.5, 0.6) is 5.75 Å². The minimum absolute atomic E-state index is 0.305. The van der Waals surface area contributed by atoms with Crippen LogP contribution in [0.4, 0.5) is 23.0 Å². The van der Waals surface area contributed by atoms with Crippen LogP contribution < -0.4 is 20.3 Å². The third-order valence-electron chi connectivity index (χ3n) is 5.15. The van der Waals surface area contributed by atoms with Gasteiger partial charge in [-0.3, -0.25) is 4.79 Å². The van der Waals surface area contributed by atoms with E-state index in [1.807, 2.05) is 58.4 Å². The number of aryl methyl sites for hydroxylation is 1. The number of aromatic nitrogens is 3. The van der Waals surface area contributed by atoms with Crippen LogP contribution in [0, 0.1) is 6.92 Å². The fraction of sp³-hybridized carbons (Fsp3) is 0.280. The lowest BCUT2D eigenvalue weighted by Gasteiger charge is -2.26. The van der Waals surface area contributed by atoms with Crippen LogP contribution in [0.1, 0.15) is 5.56 Å². The van der Waals surface area contributed by atoms with E-state index in [9.17, 15) is 4.79 Å². The first kappa shape index (κ1) is 24.7. The second-order valence-electron chi connectivity index (χ2n) is 8.12. The van der Waals surface area contributed by atoms with E-state index in [-0.39, 0.29) is 5.91 Å². The van der Waals surface area contributed by atoms with Crippen molar-refractivity contribution in [3.05, 3.63) is 60.9 Å². The quantitative estimate of drug-likeness (QED) is 0.441. The lowest BCUT2D eigenvalue weighted by Crippen LogP contribution is -2.29. The van der Waals surface area contributed by atoms with Crippen LogP contribution in [0.2, 0.25) is 0 Å². The average Bonchev–Trinajstić information content (AvgIpc) is 2.82. The van der Waals surface area contributed by atoms with Gasteiger partial charge < -0.3 is 25.2 Å². The Hall–Kier alpha value is -3.98. The van der Waals surface area contributed by atoms with Crippen LogP contribution in [0.3, 0.4) is 0 Å². The first-order valence-corrected chi connectivity index (χ1v) is 10.8. The third-order valence-corrected chi connectivity index (χ3v) is 5.15. The van der Waals surface area contributed by atoms with Crippen molar-refractivity contribution in [3.8, 4) is 17.1 Å². The van der Waals surface area contributed by atoms with Gasteiger partial charge in [0, 0.05) is 31.8 Å². The number of rotatable bonds is 10. The van der Waals surface area contributed by atoms with Gasteiger partial charge in [-0.1, -0.05) is 30.3 Å². The molecule has 1 aromatic heterocycles. The summed E-state index contributed by atoms with van der Waals surface area (Å²) in [6, 6.07) is 11.6. The second kappa shape index (κ2) is 11.2. The van der Waals surface area contributed by atoms with Gasteiger partial charge in [-0.2, -0.15) is 4.98 Å². The molecule has 34 heavy (non-hydrogen) atoms. The predicted octanol–water partition coefficient (Wildman–Crippen LogP) is 3.72. The Balaban J connectivity index is 1.97. The smallest absolute Gasteiger partial charge is 0.247 e. The van der Waals surface area contributed by atoms with E-state index < -0.39 is 0 Å².